The number of rotatable bonds is 41. The van der Waals surface area contributed by atoms with Crippen LogP contribution >= 0.6 is 0 Å². The number of ether oxygens (including phenoxy) is 14. The van der Waals surface area contributed by atoms with E-state index < -0.39 is 11.6 Å². The van der Waals surface area contributed by atoms with Gasteiger partial charge in [0.1, 0.15) is 12.2 Å². The number of hydrogen-bond acceptors (Lipinski definition) is 17. The van der Waals surface area contributed by atoms with Gasteiger partial charge < -0.3 is 66.3 Å². The summed E-state index contributed by atoms with van der Waals surface area (Å²) in [7, 11) is 0. The van der Waals surface area contributed by atoms with Crippen LogP contribution in [0.25, 0.3) is 0 Å². The summed E-state index contributed by atoms with van der Waals surface area (Å²) >= 11 is 0. The van der Waals surface area contributed by atoms with E-state index in [4.69, 9.17) is 66.3 Å². The number of carbonyl (C=O) groups is 3. The normalized spacial score (nSPS) is 12.8. The van der Waals surface area contributed by atoms with Crippen LogP contribution in [-0.4, -0.2) is 207 Å². The van der Waals surface area contributed by atoms with Crippen molar-refractivity contribution in [1.29, 1.82) is 0 Å². The maximum absolute atomic E-state index is 12.3. The molecule has 1 aromatic carbocycles. The van der Waals surface area contributed by atoms with Crippen molar-refractivity contribution in [3.8, 4) is 0 Å². The topological polar surface area (TPSA) is 184 Å². The van der Waals surface area contributed by atoms with E-state index in [2.05, 4.69) is 0 Å². The quantitative estimate of drug-likeness (QED) is 0.0529. The second-order valence-corrected chi connectivity index (χ2v) is 13.3. The van der Waals surface area contributed by atoms with Gasteiger partial charge in [-0.25, -0.2) is 4.79 Å². The zero-order valence-electron chi connectivity index (χ0n) is 34.8. The number of fused-ring (bicyclic) bond motifs is 1. The Morgan fingerprint density at radius 2 is 0.655 bits per heavy atom. The first kappa shape index (κ1) is 51.5. The van der Waals surface area contributed by atoms with Crippen molar-refractivity contribution in [3.63, 3.8) is 0 Å². The molecular weight excluding hydrogens is 766 g/mol. The minimum Gasteiger partial charge on any atom is -0.458 e. The van der Waals surface area contributed by atoms with Gasteiger partial charge >= 0.3 is 5.97 Å². The van der Waals surface area contributed by atoms with Gasteiger partial charge in [-0.3, -0.25) is 14.5 Å². The van der Waals surface area contributed by atoms with Crippen LogP contribution < -0.4 is 0 Å². The van der Waals surface area contributed by atoms with Crippen molar-refractivity contribution in [3.05, 3.63) is 35.4 Å². The van der Waals surface area contributed by atoms with Crippen LogP contribution in [0.1, 0.15) is 41.5 Å². The maximum Gasteiger partial charge on any atom is 0.332 e. The number of carbonyl (C=O) groups excluding carboxylic acids is 3. The molecule has 0 fully saturated rings. The summed E-state index contributed by atoms with van der Waals surface area (Å²) in [6.07, 6.45) is 0. The zero-order chi connectivity index (χ0) is 41.8. The number of esters is 1. The van der Waals surface area contributed by atoms with Gasteiger partial charge in [-0.15, -0.1) is 0 Å². The van der Waals surface area contributed by atoms with E-state index >= 15 is 0 Å². The Morgan fingerprint density at radius 3 is 0.914 bits per heavy atom. The van der Waals surface area contributed by atoms with E-state index in [0.29, 0.717) is 170 Å². The van der Waals surface area contributed by atoms with E-state index in [1.807, 2.05) is 20.8 Å². The fourth-order valence-corrected chi connectivity index (χ4v) is 4.76. The number of imide groups is 1. The van der Waals surface area contributed by atoms with Gasteiger partial charge in [0.05, 0.1) is 183 Å². The Hall–Kier alpha value is -2.69. The van der Waals surface area contributed by atoms with Gasteiger partial charge in [0.15, 0.2) is 0 Å². The first-order chi connectivity index (χ1) is 28.3. The number of nitrogens with zero attached hydrogens (tertiary/aromatic N) is 1. The zero-order valence-corrected chi connectivity index (χ0v) is 34.8. The van der Waals surface area contributed by atoms with Crippen LogP contribution in [0.15, 0.2) is 24.3 Å². The third kappa shape index (κ3) is 27.9. The second-order valence-electron chi connectivity index (χ2n) is 13.3. The molecule has 1 aliphatic heterocycles. The molecule has 58 heavy (non-hydrogen) atoms. The van der Waals surface area contributed by atoms with Gasteiger partial charge in [0, 0.05) is 0 Å². The lowest BCUT2D eigenvalue weighted by molar-refractivity contribution is -0.160. The first-order valence-corrected chi connectivity index (χ1v) is 20.0. The molecule has 0 aliphatic carbocycles. The third-order valence-corrected chi connectivity index (χ3v) is 7.44. The number of amides is 2. The summed E-state index contributed by atoms with van der Waals surface area (Å²) in [5.41, 5.74) is 0.355. The average Bonchev–Trinajstić information content (AvgIpc) is 3.44. The molecule has 2 amide bonds. The van der Waals surface area contributed by atoms with Crippen molar-refractivity contribution < 1.29 is 80.7 Å². The molecule has 334 valence electrons. The van der Waals surface area contributed by atoms with E-state index in [1.54, 1.807) is 24.3 Å². The highest BCUT2D eigenvalue weighted by Crippen LogP contribution is 2.21. The lowest BCUT2D eigenvalue weighted by Gasteiger charge is -2.19. The molecule has 0 aromatic heterocycles. The van der Waals surface area contributed by atoms with Gasteiger partial charge in [-0.1, -0.05) is 12.1 Å². The summed E-state index contributed by atoms with van der Waals surface area (Å²) in [6, 6.07) is 6.81. The lowest BCUT2D eigenvalue weighted by atomic mass is 10.1. The lowest BCUT2D eigenvalue weighted by Crippen LogP contribution is -2.33. The predicted octanol–water partition coefficient (Wildman–Crippen LogP) is 1.84. The maximum atomic E-state index is 12.3. The molecule has 0 bridgehead atoms. The Kier molecular flexibility index (Phi) is 31.1. The van der Waals surface area contributed by atoms with E-state index in [1.165, 1.54) is 4.90 Å². The summed E-state index contributed by atoms with van der Waals surface area (Å²) in [4.78, 5) is 37.4. The standard InChI is InChI=1S/C40H67NO17/c1-40(2,3)58-37(42)34-57-33-32-56-31-30-55-29-28-54-27-26-53-25-24-52-23-22-51-21-20-50-19-18-49-17-16-48-15-14-47-13-12-46-11-10-45-9-8-41-38(43)35-6-4-5-7-36(35)39(41)44/h4-7H,8-34H2,1-3H3. The largest absolute Gasteiger partial charge is 0.458 e. The Bertz CT molecular complexity index is 1150. The molecule has 0 spiro atoms. The van der Waals surface area contributed by atoms with Crippen LogP contribution in [0.4, 0.5) is 0 Å². The summed E-state index contributed by atoms with van der Waals surface area (Å²) in [6.45, 7) is 16.5. The molecule has 0 radical (unpaired) electrons. The summed E-state index contributed by atoms with van der Waals surface area (Å²) in [5.74, 6) is -0.958. The Labute approximate surface area is 343 Å². The average molecular weight is 834 g/mol. The second kappa shape index (κ2) is 35.1. The van der Waals surface area contributed by atoms with Crippen molar-refractivity contribution in [2.45, 2.75) is 26.4 Å². The first-order valence-electron chi connectivity index (χ1n) is 20.0. The van der Waals surface area contributed by atoms with Crippen molar-refractivity contribution >= 4 is 17.8 Å². The number of hydrogen-bond donors (Lipinski definition) is 0. The highest BCUT2D eigenvalue weighted by atomic mass is 16.6. The van der Waals surface area contributed by atoms with Crippen LogP contribution in [0.3, 0.4) is 0 Å². The van der Waals surface area contributed by atoms with Crippen molar-refractivity contribution in [1.82, 2.24) is 4.90 Å². The summed E-state index contributed by atoms with van der Waals surface area (Å²) in [5, 5.41) is 0. The predicted molar refractivity (Wildman–Crippen MR) is 208 cm³/mol. The van der Waals surface area contributed by atoms with E-state index in [-0.39, 0.29) is 31.6 Å². The molecule has 0 atom stereocenters. The Morgan fingerprint density at radius 1 is 0.414 bits per heavy atom. The van der Waals surface area contributed by atoms with Crippen LogP contribution in [0.2, 0.25) is 0 Å². The van der Waals surface area contributed by atoms with Crippen LogP contribution in [0, 0.1) is 0 Å². The molecule has 1 aromatic rings. The van der Waals surface area contributed by atoms with Crippen molar-refractivity contribution in [2.24, 2.45) is 0 Å². The molecule has 2 rings (SSSR count). The van der Waals surface area contributed by atoms with Crippen molar-refractivity contribution in [2.75, 3.05) is 178 Å². The molecule has 18 heteroatoms. The van der Waals surface area contributed by atoms with Gasteiger partial charge in [-0.2, -0.15) is 0 Å². The van der Waals surface area contributed by atoms with E-state index in [0.717, 1.165) is 0 Å². The molecule has 0 saturated carbocycles. The fourth-order valence-electron chi connectivity index (χ4n) is 4.76. The molecule has 0 unspecified atom stereocenters. The highest BCUT2D eigenvalue weighted by molar-refractivity contribution is 6.21. The minimum absolute atomic E-state index is 0.0910. The summed E-state index contributed by atoms with van der Waals surface area (Å²) < 4.78 is 76.0. The third-order valence-electron chi connectivity index (χ3n) is 7.44. The van der Waals surface area contributed by atoms with Crippen LogP contribution in [-0.2, 0) is 71.1 Å². The highest BCUT2D eigenvalue weighted by Gasteiger charge is 2.34. The molecule has 0 saturated heterocycles. The molecule has 18 nitrogen and oxygen atoms in total. The minimum atomic E-state index is -0.519. The van der Waals surface area contributed by atoms with Crippen LogP contribution in [0.5, 0.6) is 0 Å². The van der Waals surface area contributed by atoms with Gasteiger partial charge in [-0.05, 0) is 32.9 Å². The fraction of sp³-hybridized carbons (Fsp3) is 0.775. The molecule has 0 N–H and O–H groups in total. The Balaban J connectivity index is 1.15. The molecule has 1 heterocycles. The smallest absolute Gasteiger partial charge is 0.332 e. The SMILES string of the molecule is CC(C)(C)OC(=O)COCCOCCOCCOCCOCCOCCOCCOCCOCCOCCOCCOCCOCCN1C(=O)c2ccccc2C1=O. The molecular formula is C40H67NO17. The van der Waals surface area contributed by atoms with Gasteiger partial charge in [0.2, 0.25) is 0 Å². The molecule has 1 aliphatic rings. The van der Waals surface area contributed by atoms with E-state index in [9.17, 15) is 14.4 Å². The number of benzene rings is 1. The van der Waals surface area contributed by atoms with Gasteiger partial charge in [0.25, 0.3) is 11.8 Å². The monoisotopic (exact) mass is 833 g/mol.